The Morgan fingerprint density at radius 2 is 2.06 bits per heavy atom. The Bertz CT molecular complexity index is 369. The van der Waals surface area contributed by atoms with E-state index in [9.17, 15) is 0 Å². The summed E-state index contributed by atoms with van der Waals surface area (Å²) in [5, 5.41) is 3.34. The summed E-state index contributed by atoms with van der Waals surface area (Å²) in [5.41, 5.74) is 0. The van der Waals surface area contributed by atoms with Crippen LogP contribution >= 0.6 is 0 Å². The number of hydrogen-bond acceptors (Lipinski definition) is 2. The highest BCUT2D eigenvalue weighted by molar-refractivity contribution is 5.80. The van der Waals surface area contributed by atoms with Gasteiger partial charge in [0.15, 0.2) is 5.96 Å². The first-order valence-electron chi connectivity index (χ1n) is 6.95. The van der Waals surface area contributed by atoms with Crippen molar-refractivity contribution in [2.45, 2.75) is 32.0 Å². The zero-order chi connectivity index (χ0) is 12.5. The molecule has 3 rings (SSSR count). The lowest BCUT2D eigenvalue weighted by atomic mass is 9.82. The maximum Gasteiger partial charge on any atom is 0.194 e. The molecule has 4 nitrogen and oxygen atoms in total. The number of likely N-dealkylation sites (tertiary alicyclic amines) is 1. The van der Waals surface area contributed by atoms with Gasteiger partial charge in [0.05, 0.1) is 12.2 Å². The van der Waals surface area contributed by atoms with Crippen molar-refractivity contribution in [3.63, 3.8) is 0 Å². The van der Waals surface area contributed by atoms with E-state index in [1.54, 1.807) is 0 Å². The summed E-state index contributed by atoms with van der Waals surface area (Å²) in [5.74, 6) is 4.97. The van der Waals surface area contributed by atoms with Gasteiger partial charge in [-0.2, -0.15) is 0 Å². The number of aliphatic imine (C=N–C) groups is 1. The van der Waals surface area contributed by atoms with Gasteiger partial charge < -0.3 is 15.0 Å². The molecule has 18 heavy (non-hydrogen) atoms. The number of ether oxygens (including phenoxy) is 1. The fourth-order valence-electron chi connectivity index (χ4n) is 3.68. The second-order valence-electron chi connectivity index (χ2n) is 5.40. The minimum atomic E-state index is 0.456. The predicted octanol–water partition coefficient (Wildman–Crippen LogP) is 0.694. The van der Waals surface area contributed by atoms with Crippen molar-refractivity contribution < 1.29 is 4.74 Å². The number of guanidine groups is 1. The first-order valence-corrected chi connectivity index (χ1v) is 6.95. The van der Waals surface area contributed by atoms with E-state index in [1.165, 1.54) is 12.8 Å². The summed E-state index contributed by atoms with van der Waals surface area (Å²) in [6.07, 6.45) is 8.79. The standard InChI is InChI=1S/C14H21N3O/c1-3-7-16-14(15-4-2)17-8-10-11(9-17)13-6-5-12(10)18-13/h1,10-13H,4-9H2,2H3,(H,15,16). The molecule has 0 amide bonds. The summed E-state index contributed by atoms with van der Waals surface area (Å²) in [4.78, 5) is 6.83. The van der Waals surface area contributed by atoms with Crippen LogP contribution < -0.4 is 5.32 Å². The van der Waals surface area contributed by atoms with E-state index in [1.807, 2.05) is 0 Å². The molecule has 0 spiro atoms. The zero-order valence-electron chi connectivity index (χ0n) is 10.9. The Balaban J connectivity index is 1.69. The fraction of sp³-hybridized carbons (Fsp3) is 0.786. The first kappa shape index (κ1) is 11.9. The summed E-state index contributed by atoms with van der Waals surface area (Å²) < 4.78 is 5.99. The highest BCUT2D eigenvalue weighted by atomic mass is 16.5. The molecule has 3 fully saturated rings. The van der Waals surface area contributed by atoms with Crippen LogP contribution in [0, 0.1) is 24.2 Å². The third kappa shape index (κ3) is 1.87. The Morgan fingerprint density at radius 1 is 1.39 bits per heavy atom. The van der Waals surface area contributed by atoms with Crippen LogP contribution in [0.3, 0.4) is 0 Å². The van der Waals surface area contributed by atoms with Gasteiger partial charge in [-0.25, -0.2) is 4.99 Å². The van der Waals surface area contributed by atoms with E-state index in [0.717, 1.165) is 25.6 Å². The summed E-state index contributed by atoms with van der Waals surface area (Å²) in [6, 6.07) is 0. The van der Waals surface area contributed by atoms with E-state index in [4.69, 9.17) is 11.2 Å². The number of fused-ring (bicyclic) bond motifs is 5. The van der Waals surface area contributed by atoms with Crippen molar-refractivity contribution in [3.05, 3.63) is 0 Å². The van der Waals surface area contributed by atoms with E-state index in [-0.39, 0.29) is 0 Å². The van der Waals surface area contributed by atoms with E-state index in [2.05, 4.69) is 28.1 Å². The summed E-state index contributed by atoms with van der Waals surface area (Å²) >= 11 is 0. The molecule has 1 N–H and O–H groups in total. The van der Waals surface area contributed by atoms with Gasteiger partial charge >= 0.3 is 0 Å². The Labute approximate surface area is 109 Å². The molecule has 2 bridgehead atoms. The third-order valence-electron chi connectivity index (χ3n) is 4.41. The topological polar surface area (TPSA) is 36.9 Å². The Kier molecular flexibility index (Phi) is 3.17. The largest absolute Gasteiger partial charge is 0.374 e. The second-order valence-corrected chi connectivity index (χ2v) is 5.40. The minimum Gasteiger partial charge on any atom is -0.374 e. The van der Waals surface area contributed by atoms with Gasteiger partial charge in [-0.05, 0) is 19.8 Å². The number of nitrogens with zero attached hydrogens (tertiary/aromatic N) is 2. The molecule has 4 unspecified atom stereocenters. The molecule has 98 valence electrons. The predicted molar refractivity (Wildman–Crippen MR) is 71.3 cm³/mol. The molecule has 3 saturated heterocycles. The minimum absolute atomic E-state index is 0.456. The van der Waals surface area contributed by atoms with Crippen molar-refractivity contribution >= 4 is 5.96 Å². The highest BCUT2D eigenvalue weighted by Gasteiger charge is 2.53. The van der Waals surface area contributed by atoms with Gasteiger partial charge in [0.1, 0.15) is 6.54 Å². The zero-order valence-corrected chi connectivity index (χ0v) is 10.9. The molecule has 4 heteroatoms. The Morgan fingerprint density at radius 3 is 2.61 bits per heavy atom. The average molecular weight is 247 g/mol. The third-order valence-corrected chi connectivity index (χ3v) is 4.41. The molecule has 0 aromatic carbocycles. The summed E-state index contributed by atoms with van der Waals surface area (Å²) in [6.45, 7) is 5.58. The Hall–Kier alpha value is -1.21. The molecule has 0 aromatic heterocycles. The van der Waals surface area contributed by atoms with E-state index in [0.29, 0.717) is 30.6 Å². The van der Waals surface area contributed by atoms with Crippen molar-refractivity contribution in [2.75, 3.05) is 26.2 Å². The fourth-order valence-corrected chi connectivity index (χ4v) is 3.68. The molecular formula is C14H21N3O. The molecule has 3 aliphatic heterocycles. The molecule has 0 aliphatic carbocycles. The van der Waals surface area contributed by atoms with Gasteiger partial charge in [0.25, 0.3) is 0 Å². The van der Waals surface area contributed by atoms with Gasteiger partial charge in [0.2, 0.25) is 0 Å². The van der Waals surface area contributed by atoms with Crippen LogP contribution in [-0.4, -0.2) is 49.2 Å². The molecule has 3 aliphatic rings. The second kappa shape index (κ2) is 4.81. The van der Waals surface area contributed by atoms with Crippen molar-refractivity contribution in [2.24, 2.45) is 16.8 Å². The molecule has 0 saturated carbocycles. The monoisotopic (exact) mass is 247 g/mol. The lowest BCUT2D eigenvalue weighted by Gasteiger charge is -2.23. The number of rotatable bonds is 2. The van der Waals surface area contributed by atoms with Crippen LogP contribution in [0.4, 0.5) is 0 Å². The van der Waals surface area contributed by atoms with Crippen LogP contribution in [0.1, 0.15) is 19.8 Å². The van der Waals surface area contributed by atoms with E-state index >= 15 is 0 Å². The van der Waals surface area contributed by atoms with Gasteiger partial charge in [-0.1, -0.05) is 5.92 Å². The van der Waals surface area contributed by atoms with Crippen LogP contribution in [0.25, 0.3) is 0 Å². The molecule has 3 heterocycles. The van der Waals surface area contributed by atoms with Crippen molar-refractivity contribution in [3.8, 4) is 12.3 Å². The first-order chi connectivity index (χ1) is 8.83. The number of terminal acetylenes is 1. The molecule has 0 radical (unpaired) electrons. The summed E-state index contributed by atoms with van der Waals surface area (Å²) in [7, 11) is 0. The molecular weight excluding hydrogens is 226 g/mol. The quantitative estimate of drug-likeness (QED) is 0.443. The van der Waals surface area contributed by atoms with Gasteiger partial charge in [0, 0.05) is 31.5 Å². The van der Waals surface area contributed by atoms with E-state index < -0.39 is 0 Å². The smallest absolute Gasteiger partial charge is 0.194 e. The number of hydrogen-bond donors (Lipinski definition) is 1. The molecule has 0 aromatic rings. The van der Waals surface area contributed by atoms with Gasteiger partial charge in [-0.15, -0.1) is 6.42 Å². The van der Waals surface area contributed by atoms with Crippen LogP contribution in [0.15, 0.2) is 4.99 Å². The molecule has 4 atom stereocenters. The van der Waals surface area contributed by atoms with Crippen molar-refractivity contribution in [1.82, 2.24) is 10.2 Å². The van der Waals surface area contributed by atoms with Crippen LogP contribution in [0.2, 0.25) is 0 Å². The number of nitrogens with one attached hydrogen (secondary N) is 1. The van der Waals surface area contributed by atoms with Crippen LogP contribution in [0.5, 0.6) is 0 Å². The average Bonchev–Trinajstić information content (AvgIpc) is 3.04. The maximum absolute atomic E-state index is 5.99. The highest BCUT2D eigenvalue weighted by Crippen LogP contribution is 2.47. The van der Waals surface area contributed by atoms with Crippen molar-refractivity contribution in [1.29, 1.82) is 0 Å². The SMILES string of the molecule is C#CCN=C(NCC)N1CC2C3CCC(O3)C2C1. The van der Waals surface area contributed by atoms with Gasteiger partial charge in [-0.3, -0.25) is 0 Å². The maximum atomic E-state index is 5.99. The lowest BCUT2D eigenvalue weighted by molar-refractivity contribution is 0.0767. The van der Waals surface area contributed by atoms with Crippen LogP contribution in [-0.2, 0) is 4.74 Å². The normalized spacial score (nSPS) is 37.8. The lowest BCUT2D eigenvalue weighted by Crippen LogP contribution is -2.41.